The molecule has 3 heterocycles. The summed E-state index contributed by atoms with van der Waals surface area (Å²) in [6.45, 7) is 3.31. The third-order valence-electron chi connectivity index (χ3n) is 3.74. The molecule has 0 N–H and O–H groups in total. The third kappa shape index (κ3) is 2.38. The largest absolute Gasteiger partial charge is 0.463 e. The van der Waals surface area contributed by atoms with Gasteiger partial charge in [0, 0.05) is 0 Å². The van der Waals surface area contributed by atoms with Gasteiger partial charge in [-0.05, 0) is 30.0 Å². The SMILES string of the molecule is Cc1cccc2sc(OC3CN(C(=O)c4cccs4)C3)nc12. The number of carbonyl (C=O) groups excluding carboxylic acids is 1. The Morgan fingerprint density at radius 2 is 2.18 bits per heavy atom. The zero-order valence-electron chi connectivity index (χ0n) is 12.0. The molecule has 1 aromatic carbocycles. The van der Waals surface area contributed by atoms with E-state index in [4.69, 9.17) is 4.74 Å². The molecule has 0 unspecified atom stereocenters. The van der Waals surface area contributed by atoms with Crippen LogP contribution >= 0.6 is 22.7 Å². The van der Waals surface area contributed by atoms with E-state index >= 15 is 0 Å². The fourth-order valence-electron chi connectivity index (χ4n) is 2.49. The number of nitrogens with zero attached hydrogens (tertiary/aromatic N) is 2. The first-order valence-corrected chi connectivity index (χ1v) is 8.76. The number of ether oxygens (including phenoxy) is 1. The fraction of sp³-hybridized carbons (Fsp3) is 0.250. The first-order valence-electron chi connectivity index (χ1n) is 7.06. The molecular weight excluding hydrogens is 316 g/mol. The number of hydrogen-bond acceptors (Lipinski definition) is 5. The van der Waals surface area contributed by atoms with Crippen molar-refractivity contribution in [3.8, 4) is 5.19 Å². The molecule has 0 bridgehead atoms. The van der Waals surface area contributed by atoms with Gasteiger partial charge in [-0.1, -0.05) is 29.5 Å². The summed E-state index contributed by atoms with van der Waals surface area (Å²) in [5.74, 6) is 0.0926. The Morgan fingerprint density at radius 3 is 2.91 bits per heavy atom. The molecule has 0 saturated carbocycles. The second-order valence-electron chi connectivity index (χ2n) is 5.33. The van der Waals surface area contributed by atoms with Crippen LogP contribution in [0, 0.1) is 6.92 Å². The van der Waals surface area contributed by atoms with E-state index in [9.17, 15) is 4.79 Å². The minimum atomic E-state index is 0.0461. The normalized spacial score (nSPS) is 15.0. The fourth-order valence-corrected chi connectivity index (χ4v) is 4.14. The van der Waals surface area contributed by atoms with Gasteiger partial charge in [0.15, 0.2) is 0 Å². The van der Waals surface area contributed by atoms with E-state index in [0.29, 0.717) is 18.3 Å². The van der Waals surface area contributed by atoms with Crippen LogP contribution in [0.25, 0.3) is 10.2 Å². The summed E-state index contributed by atoms with van der Waals surface area (Å²) in [5, 5.41) is 2.61. The molecule has 4 rings (SSSR count). The molecule has 6 heteroatoms. The monoisotopic (exact) mass is 330 g/mol. The smallest absolute Gasteiger partial charge is 0.274 e. The number of carbonyl (C=O) groups is 1. The van der Waals surface area contributed by atoms with Gasteiger partial charge in [0.05, 0.1) is 28.2 Å². The maximum absolute atomic E-state index is 12.1. The Hall–Kier alpha value is -1.92. The first-order chi connectivity index (χ1) is 10.7. The molecule has 112 valence electrons. The number of fused-ring (bicyclic) bond motifs is 1. The van der Waals surface area contributed by atoms with Crippen molar-refractivity contribution in [2.24, 2.45) is 0 Å². The Balaban J connectivity index is 1.41. The highest BCUT2D eigenvalue weighted by molar-refractivity contribution is 7.20. The number of aryl methyl sites for hydroxylation is 1. The van der Waals surface area contributed by atoms with Gasteiger partial charge >= 0.3 is 0 Å². The molecule has 0 aliphatic carbocycles. The van der Waals surface area contributed by atoms with Crippen LogP contribution in [0.2, 0.25) is 0 Å². The van der Waals surface area contributed by atoms with E-state index in [-0.39, 0.29) is 12.0 Å². The standard InChI is InChI=1S/C16H14N2O2S2/c1-10-4-2-5-12-14(10)17-16(22-12)20-11-8-18(9-11)15(19)13-6-3-7-21-13/h2-7,11H,8-9H2,1H3. The van der Waals surface area contributed by atoms with Gasteiger partial charge < -0.3 is 9.64 Å². The van der Waals surface area contributed by atoms with Crippen molar-refractivity contribution in [1.29, 1.82) is 0 Å². The molecular formula is C16H14N2O2S2. The lowest BCUT2D eigenvalue weighted by molar-refractivity contribution is 0.0181. The van der Waals surface area contributed by atoms with Crippen molar-refractivity contribution in [2.75, 3.05) is 13.1 Å². The van der Waals surface area contributed by atoms with E-state index in [1.807, 2.05) is 28.5 Å². The number of para-hydroxylation sites is 1. The second-order valence-corrected chi connectivity index (χ2v) is 7.27. The summed E-state index contributed by atoms with van der Waals surface area (Å²) in [5.41, 5.74) is 2.17. The Morgan fingerprint density at radius 1 is 1.32 bits per heavy atom. The highest BCUT2D eigenvalue weighted by Crippen LogP contribution is 2.31. The number of thiazole rings is 1. The van der Waals surface area contributed by atoms with Crippen LogP contribution in [0.3, 0.4) is 0 Å². The van der Waals surface area contributed by atoms with E-state index in [1.54, 1.807) is 11.3 Å². The molecule has 2 aromatic heterocycles. The van der Waals surface area contributed by atoms with Gasteiger partial charge in [0.25, 0.3) is 11.1 Å². The lowest BCUT2D eigenvalue weighted by Crippen LogP contribution is -2.56. The van der Waals surface area contributed by atoms with Gasteiger partial charge in [0.1, 0.15) is 6.10 Å². The molecule has 22 heavy (non-hydrogen) atoms. The van der Waals surface area contributed by atoms with E-state index in [1.165, 1.54) is 11.3 Å². The predicted molar refractivity (Wildman–Crippen MR) is 89.0 cm³/mol. The molecule has 1 saturated heterocycles. The van der Waals surface area contributed by atoms with Crippen LogP contribution < -0.4 is 4.74 Å². The Bertz CT molecular complexity index is 820. The van der Waals surface area contributed by atoms with E-state index in [0.717, 1.165) is 20.7 Å². The predicted octanol–water partition coefficient (Wildman–Crippen LogP) is 3.57. The maximum atomic E-state index is 12.1. The topological polar surface area (TPSA) is 42.4 Å². The number of amides is 1. The van der Waals surface area contributed by atoms with Gasteiger partial charge in [-0.25, -0.2) is 4.98 Å². The molecule has 0 radical (unpaired) electrons. The number of thiophene rings is 1. The summed E-state index contributed by atoms with van der Waals surface area (Å²) in [4.78, 5) is 19.3. The Labute approximate surface area is 136 Å². The van der Waals surface area contributed by atoms with Crippen molar-refractivity contribution >= 4 is 38.8 Å². The van der Waals surface area contributed by atoms with Crippen LogP contribution in [-0.4, -0.2) is 35.0 Å². The number of hydrogen-bond donors (Lipinski definition) is 0. The zero-order chi connectivity index (χ0) is 15.1. The quantitative estimate of drug-likeness (QED) is 0.737. The summed E-state index contributed by atoms with van der Waals surface area (Å²) in [6, 6.07) is 9.90. The average molecular weight is 330 g/mol. The Kier molecular flexibility index (Phi) is 3.35. The van der Waals surface area contributed by atoms with Gasteiger partial charge in [-0.15, -0.1) is 11.3 Å². The van der Waals surface area contributed by atoms with Crippen LogP contribution in [-0.2, 0) is 0 Å². The van der Waals surface area contributed by atoms with Crippen molar-refractivity contribution < 1.29 is 9.53 Å². The molecule has 3 aromatic rings. The molecule has 1 fully saturated rings. The average Bonchev–Trinajstić information content (AvgIpc) is 3.11. The molecule has 4 nitrogen and oxygen atoms in total. The van der Waals surface area contributed by atoms with Crippen molar-refractivity contribution in [1.82, 2.24) is 9.88 Å². The van der Waals surface area contributed by atoms with E-state index in [2.05, 4.69) is 24.0 Å². The lowest BCUT2D eigenvalue weighted by Gasteiger charge is -2.37. The van der Waals surface area contributed by atoms with Crippen LogP contribution in [0.5, 0.6) is 5.19 Å². The summed E-state index contributed by atoms with van der Waals surface area (Å²) in [6.07, 6.45) is 0.0461. The summed E-state index contributed by atoms with van der Waals surface area (Å²) < 4.78 is 7.04. The number of benzene rings is 1. The number of aromatic nitrogens is 1. The van der Waals surface area contributed by atoms with Gasteiger partial charge in [-0.2, -0.15) is 0 Å². The minimum absolute atomic E-state index is 0.0461. The summed E-state index contributed by atoms with van der Waals surface area (Å²) in [7, 11) is 0. The van der Waals surface area contributed by atoms with Crippen LogP contribution in [0.4, 0.5) is 0 Å². The highest BCUT2D eigenvalue weighted by atomic mass is 32.1. The van der Waals surface area contributed by atoms with Gasteiger partial charge in [0.2, 0.25) is 0 Å². The van der Waals surface area contributed by atoms with Crippen molar-refractivity contribution in [3.63, 3.8) is 0 Å². The second kappa shape index (κ2) is 5.37. The van der Waals surface area contributed by atoms with Crippen molar-refractivity contribution in [2.45, 2.75) is 13.0 Å². The van der Waals surface area contributed by atoms with Crippen molar-refractivity contribution in [3.05, 3.63) is 46.2 Å². The van der Waals surface area contributed by atoms with Crippen LogP contribution in [0.1, 0.15) is 15.2 Å². The third-order valence-corrected chi connectivity index (χ3v) is 5.51. The van der Waals surface area contributed by atoms with Gasteiger partial charge in [-0.3, -0.25) is 4.79 Å². The highest BCUT2D eigenvalue weighted by Gasteiger charge is 2.33. The zero-order valence-corrected chi connectivity index (χ0v) is 13.6. The first kappa shape index (κ1) is 13.7. The molecule has 1 aliphatic rings. The minimum Gasteiger partial charge on any atom is -0.463 e. The number of likely N-dealkylation sites (tertiary alicyclic amines) is 1. The molecule has 0 spiro atoms. The maximum Gasteiger partial charge on any atom is 0.274 e. The molecule has 0 atom stereocenters. The molecule has 1 amide bonds. The summed E-state index contributed by atoms with van der Waals surface area (Å²) >= 11 is 3.04. The number of rotatable bonds is 3. The van der Waals surface area contributed by atoms with Crippen LogP contribution in [0.15, 0.2) is 35.7 Å². The lowest BCUT2D eigenvalue weighted by atomic mass is 10.1. The van der Waals surface area contributed by atoms with E-state index < -0.39 is 0 Å². The molecule has 1 aliphatic heterocycles.